The molecule has 1 aliphatic carbocycles. The van der Waals surface area contributed by atoms with Crippen molar-refractivity contribution in [1.29, 1.82) is 0 Å². The van der Waals surface area contributed by atoms with Crippen LogP contribution in [-0.2, 0) is 0 Å². The minimum atomic E-state index is -0.349. The van der Waals surface area contributed by atoms with Crippen LogP contribution in [0.2, 0.25) is 0 Å². The van der Waals surface area contributed by atoms with E-state index in [9.17, 15) is 9.59 Å². The first-order chi connectivity index (χ1) is 18.6. The predicted octanol–water partition coefficient (Wildman–Crippen LogP) is 4.93. The maximum atomic E-state index is 13.1. The second-order valence-corrected chi connectivity index (χ2v) is 10.2. The number of hydrogen-bond donors (Lipinski definition) is 3. The monoisotopic (exact) mass is 509 g/mol. The Bertz CT molecular complexity index is 1450. The summed E-state index contributed by atoms with van der Waals surface area (Å²) in [6.45, 7) is 2.11. The summed E-state index contributed by atoms with van der Waals surface area (Å²) in [5.41, 5.74) is 5.00. The third-order valence-electron chi connectivity index (χ3n) is 7.50. The summed E-state index contributed by atoms with van der Waals surface area (Å²) in [4.78, 5) is 36.7. The summed E-state index contributed by atoms with van der Waals surface area (Å²) >= 11 is 0. The lowest BCUT2D eigenvalue weighted by atomic mass is 10.0. The van der Waals surface area contributed by atoms with Gasteiger partial charge in [-0.25, -0.2) is 4.98 Å². The smallest absolute Gasteiger partial charge is 0.276 e. The van der Waals surface area contributed by atoms with Crippen molar-refractivity contribution < 1.29 is 9.59 Å². The number of carbonyl (C=O) groups is 2. The SMILES string of the molecule is O=C(NC1CCCC1)c1ccc(NC(=O)c2n[nH]c3ccc(-c4cncc(N5CCCCC5)c4)cc23)cn1. The molecule has 0 bridgehead atoms. The van der Waals surface area contributed by atoms with Gasteiger partial charge in [-0.2, -0.15) is 5.10 Å². The third-order valence-corrected chi connectivity index (χ3v) is 7.50. The van der Waals surface area contributed by atoms with E-state index in [4.69, 9.17) is 0 Å². The van der Waals surface area contributed by atoms with Crippen molar-refractivity contribution in [2.45, 2.75) is 51.0 Å². The van der Waals surface area contributed by atoms with Gasteiger partial charge >= 0.3 is 0 Å². The molecule has 0 unspecified atom stereocenters. The molecule has 2 fully saturated rings. The number of piperidine rings is 1. The number of benzene rings is 1. The fraction of sp³-hybridized carbons (Fsp3) is 0.345. The Balaban J connectivity index is 1.18. The van der Waals surface area contributed by atoms with Crippen molar-refractivity contribution in [2.24, 2.45) is 0 Å². The number of aromatic nitrogens is 4. The summed E-state index contributed by atoms with van der Waals surface area (Å²) in [6, 6.07) is 11.6. The Labute approximate surface area is 221 Å². The molecule has 1 saturated carbocycles. The van der Waals surface area contributed by atoms with Crippen LogP contribution in [0.25, 0.3) is 22.0 Å². The van der Waals surface area contributed by atoms with Crippen molar-refractivity contribution in [3.05, 3.63) is 66.4 Å². The zero-order chi connectivity index (χ0) is 25.9. The number of nitrogens with one attached hydrogen (secondary N) is 3. The number of fused-ring (bicyclic) bond motifs is 1. The van der Waals surface area contributed by atoms with Crippen LogP contribution >= 0.6 is 0 Å². The van der Waals surface area contributed by atoms with Crippen LogP contribution < -0.4 is 15.5 Å². The molecule has 6 rings (SSSR count). The maximum Gasteiger partial charge on any atom is 0.276 e. The molecule has 0 spiro atoms. The molecule has 1 saturated heterocycles. The summed E-state index contributed by atoms with van der Waals surface area (Å²) in [5.74, 6) is -0.530. The average molecular weight is 510 g/mol. The highest BCUT2D eigenvalue weighted by atomic mass is 16.2. The summed E-state index contributed by atoms with van der Waals surface area (Å²) in [6.07, 6.45) is 13.3. The van der Waals surface area contributed by atoms with Gasteiger partial charge in [0.05, 0.1) is 29.3 Å². The second-order valence-electron chi connectivity index (χ2n) is 10.2. The minimum Gasteiger partial charge on any atom is -0.370 e. The van der Waals surface area contributed by atoms with Crippen molar-refractivity contribution >= 4 is 34.1 Å². The van der Waals surface area contributed by atoms with Crippen molar-refractivity contribution in [1.82, 2.24) is 25.5 Å². The second kappa shape index (κ2) is 10.6. The Morgan fingerprint density at radius 2 is 1.71 bits per heavy atom. The van der Waals surface area contributed by atoms with Crippen LogP contribution in [-0.4, -0.2) is 51.1 Å². The first-order valence-electron chi connectivity index (χ1n) is 13.4. The maximum absolute atomic E-state index is 13.1. The van der Waals surface area contributed by atoms with E-state index in [0.717, 1.165) is 66.5 Å². The van der Waals surface area contributed by atoms with Gasteiger partial charge in [0.2, 0.25) is 0 Å². The Morgan fingerprint density at radius 3 is 2.50 bits per heavy atom. The predicted molar refractivity (Wildman–Crippen MR) is 147 cm³/mol. The van der Waals surface area contributed by atoms with E-state index < -0.39 is 0 Å². The van der Waals surface area contributed by atoms with Crippen LogP contribution in [0, 0.1) is 0 Å². The molecule has 1 aromatic carbocycles. The fourth-order valence-electron chi connectivity index (χ4n) is 5.40. The number of aromatic amines is 1. The molecule has 0 radical (unpaired) electrons. The number of hydrogen-bond acceptors (Lipinski definition) is 6. The number of H-pyrrole nitrogens is 1. The number of rotatable bonds is 6. The molecule has 4 aromatic rings. The topological polar surface area (TPSA) is 116 Å². The standard InChI is InChI=1S/C29H31N7O2/c37-28(32-21-6-2-3-7-21)26-11-9-22(17-31-26)33-29(38)27-24-15-19(8-10-25(24)34-35-27)20-14-23(18-30-16-20)36-12-4-1-5-13-36/h8-11,14-18,21H,1-7,12-13H2,(H,32,37)(H,33,38)(H,34,35). The first kappa shape index (κ1) is 24.1. The Kier molecular flexibility index (Phi) is 6.73. The number of anilines is 2. The van der Waals surface area contributed by atoms with Crippen LogP contribution in [0.4, 0.5) is 11.4 Å². The zero-order valence-electron chi connectivity index (χ0n) is 21.2. The molecule has 38 heavy (non-hydrogen) atoms. The van der Waals surface area contributed by atoms with Gasteiger partial charge in [-0.1, -0.05) is 18.9 Å². The highest BCUT2D eigenvalue weighted by Gasteiger charge is 2.20. The average Bonchev–Trinajstić information content (AvgIpc) is 3.63. The van der Waals surface area contributed by atoms with Gasteiger partial charge in [0.25, 0.3) is 11.8 Å². The summed E-state index contributed by atoms with van der Waals surface area (Å²) in [7, 11) is 0. The Morgan fingerprint density at radius 1 is 0.868 bits per heavy atom. The number of carbonyl (C=O) groups excluding carboxylic acids is 2. The highest BCUT2D eigenvalue weighted by Crippen LogP contribution is 2.29. The molecule has 3 N–H and O–H groups in total. The van der Waals surface area contributed by atoms with Crippen LogP contribution in [0.1, 0.15) is 65.9 Å². The highest BCUT2D eigenvalue weighted by molar-refractivity contribution is 6.11. The molecule has 2 aliphatic rings. The van der Waals surface area contributed by atoms with E-state index in [1.807, 2.05) is 30.6 Å². The molecule has 3 aromatic heterocycles. The zero-order valence-corrected chi connectivity index (χ0v) is 21.2. The summed E-state index contributed by atoms with van der Waals surface area (Å²) in [5, 5.41) is 13.8. The molecule has 4 heterocycles. The van der Waals surface area contributed by atoms with E-state index in [1.54, 1.807) is 12.1 Å². The van der Waals surface area contributed by atoms with Gasteiger partial charge in [0, 0.05) is 36.3 Å². The first-order valence-corrected chi connectivity index (χ1v) is 13.4. The van der Waals surface area contributed by atoms with Gasteiger partial charge in [-0.05, 0) is 68.0 Å². The molecule has 9 nitrogen and oxygen atoms in total. The van der Waals surface area contributed by atoms with Crippen molar-refractivity contribution in [2.75, 3.05) is 23.3 Å². The molecule has 2 amide bonds. The van der Waals surface area contributed by atoms with Gasteiger partial charge in [0.1, 0.15) is 5.69 Å². The van der Waals surface area contributed by atoms with E-state index in [2.05, 4.69) is 41.8 Å². The van der Waals surface area contributed by atoms with Gasteiger partial charge in [0.15, 0.2) is 5.69 Å². The quantitative estimate of drug-likeness (QED) is 0.339. The van der Waals surface area contributed by atoms with Gasteiger partial charge in [-0.15, -0.1) is 0 Å². The van der Waals surface area contributed by atoms with Crippen molar-refractivity contribution in [3.8, 4) is 11.1 Å². The molecule has 9 heteroatoms. The lowest BCUT2D eigenvalue weighted by Crippen LogP contribution is -2.33. The van der Waals surface area contributed by atoms with Gasteiger partial charge < -0.3 is 15.5 Å². The number of pyridine rings is 2. The lowest BCUT2D eigenvalue weighted by Gasteiger charge is -2.28. The van der Waals surface area contributed by atoms with Crippen molar-refractivity contribution in [3.63, 3.8) is 0 Å². The Hall–Kier alpha value is -4.27. The molecule has 1 aliphatic heterocycles. The lowest BCUT2D eigenvalue weighted by molar-refractivity contribution is 0.0932. The van der Waals surface area contributed by atoms with Crippen LogP contribution in [0.5, 0.6) is 0 Å². The molecule has 194 valence electrons. The van der Waals surface area contributed by atoms with Gasteiger partial charge in [-0.3, -0.25) is 19.7 Å². The largest absolute Gasteiger partial charge is 0.370 e. The number of nitrogens with zero attached hydrogens (tertiary/aromatic N) is 4. The van der Waals surface area contributed by atoms with E-state index in [0.29, 0.717) is 17.1 Å². The van der Waals surface area contributed by atoms with E-state index >= 15 is 0 Å². The third kappa shape index (κ3) is 5.09. The van der Waals surface area contributed by atoms with E-state index in [1.165, 1.54) is 25.5 Å². The summed E-state index contributed by atoms with van der Waals surface area (Å²) < 4.78 is 0. The molecular formula is C29H31N7O2. The minimum absolute atomic E-state index is 0.181. The van der Waals surface area contributed by atoms with Crippen LogP contribution in [0.15, 0.2) is 55.0 Å². The van der Waals surface area contributed by atoms with E-state index in [-0.39, 0.29) is 17.9 Å². The number of amides is 2. The molecular weight excluding hydrogens is 478 g/mol. The fourth-order valence-corrected chi connectivity index (χ4v) is 5.40. The van der Waals surface area contributed by atoms with Crippen LogP contribution in [0.3, 0.4) is 0 Å². The normalized spacial score (nSPS) is 16.1. The molecule has 0 atom stereocenters.